The predicted octanol–water partition coefficient (Wildman–Crippen LogP) is 5.18. The largest absolute Gasteiger partial charge is 0.371 e. The maximum atomic E-state index is 10.9. The van der Waals surface area contributed by atoms with Crippen LogP contribution in [0.15, 0.2) is 48.5 Å². The molecular weight excluding hydrogens is 312 g/mol. The third kappa shape index (κ3) is 4.01. The Morgan fingerprint density at radius 2 is 1.72 bits per heavy atom. The average molecular weight is 338 g/mol. The summed E-state index contributed by atoms with van der Waals surface area (Å²) in [6.07, 6.45) is 3.44. The molecule has 2 unspecified atom stereocenters. The topological polar surface area (TPSA) is 46.4 Å². The normalized spacial score (nSPS) is 20.5. The molecule has 4 heteroatoms. The molecule has 2 aromatic rings. The molecule has 0 bridgehead atoms. The second kappa shape index (κ2) is 7.68. The minimum absolute atomic E-state index is 0.152. The summed E-state index contributed by atoms with van der Waals surface area (Å²) < 4.78 is 0. The Hall–Kier alpha value is -2.36. The molecule has 0 aliphatic carbocycles. The maximum absolute atomic E-state index is 10.9. The summed E-state index contributed by atoms with van der Waals surface area (Å²) in [5.74, 6) is 1.17. The van der Waals surface area contributed by atoms with E-state index in [1.54, 1.807) is 12.1 Å². The minimum atomic E-state index is -0.340. The van der Waals surface area contributed by atoms with Crippen molar-refractivity contribution in [2.45, 2.75) is 39.0 Å². The van der Waals surface area contributed by atoms with Gasteiger partial charge >= 0.3 is 0 Å². The monoisotopic (exact) mass is 338 g/mol. The number of non-ortho nitro benzene ring substituents is 1. The van der Waals surface area contributed by atoms with E-state index in [1.165, 1.54) is 17.5 Å². The van der Waals surface area contributed by atoms with Gasteiger partial charge in [-0.1, -0.05) is 44.5 Å². The fourth-order valence-corrected chi connectivity index (χ4v) is 3.76. The lowest BCUT2D eigenvalue weighted by molar-refractivity contribution is -0.384. The van der Waals surface area contributed by atoms with E-state index in [0.29, 0.717) is 11.8 Å². The fraction of sp³-hybridized carbons (Fsp3) is 0.429. The van der Waals surface area contributed by atoms with Gasteiger partial charge in [0.2, 0.25) is 0 Å². The van der Waals surface area contributed by atoms with Gasteiger partial charge in [0, 0.05) is 36.8 Å². The number of anilines is 1. The number of nitro groups is 1. The van der Waals surface area contributed by atoms with Gasteiger partial charge in [0.15, 0.2) is 0 Å². The highest BCUT2D eigenvalue weighted by atomic mass is 16.6. The van der Waals surface area contributed by atoms with Crippen LogP contribution in [0.4, 0.5) is 11.4 Å². The molecule has 1 fully saturated rings. The number of hydrogen-bond acceptors (Lipinski definition) is 3. The number of rotatable bonds is 5. The molecule has 1 aliphatic rings. The third-order valence-corrected chi connectivity index (χ3v) is 5.40. The van der Waals surface area contributed by atoms with Crippen LogP contribution in [0.3, 0.4) is 0 Å². The van der Waals surface area contributed by atoms with Crippen LogP contribution in [0, 0.1) is 16.0 Å². The molecule has 1 saturated heterocycles. The Kier molecular flexibility index (Phi) is 5.37. The molecule has 3 rings (SSSR count). The summed E-state index contributed by atoms with van der Waals surface area (Å²) in [4.78, 5) is 12.9. The highest BCUT2D eigenvalue weighted by Crippen LogP contribution is 2.34. The van der Waals surface area contributed by atoms with Crippen LogP contribution in [0.1, 0.15) is 43.7 Å². The molecular formula is C21H26N2O2. The lowest BCUT2D eigenvalue weighted by Crippen LogP contribution is -2.39. The summed E-state index contributed by atoms with van der Waals surface area (Å²) in [6, 6.07) is 16.0. The van der Waals surface area contributed by atoms with Crippen molar-refractivity contribution in [1.29, 1.82) is 0 Å². The Bertz CT molecular complexity index is 710. The maximum Gasteiger partial charge on any atom is 0.269 e. The Morgan fingerprint density at radius 3 is 2.28 bits per heavy atom. The second-order valence-corrected chi connectivity index (χ2v) is 6.98. The van der Waals surface area contributed by atoms with Gasteiger partial charge in [0.25, 0.3) is 5.69 Å². The summed E-state index contributed by atoms with van der Waals surface area (Å²) in [7, 11) is 0. The molecule has 4 nitrogen and oxygen atoms in total. The Labute approximate surface area is 149 Å². The van der Waals surface area contributed by atoms with Crippen LogP contribution >= 0.6 is 0 Å². The molecule has 0 spiro atoms. The Morgan fingerprint density at radius 1 is 1.04 bits per heavy atom. The summed E-state index contributed by atoms with van der Waals surface area (Å²) in [6.45, 7) is 6.43. The van der Waals surface area contributed by atoms with E-state index in [1.807, 2.05) is 12.1 Å². The van der Waals surface area contributed by atoms with E-state index in [2.05, 4.69) is 43.0 Å². The van der Waals surface area contributed by atoms with Crippen LogP contribution in [0.25, 0.3) is 0 Å². The van der Waals surface area contributed by atoms with Crippen molar-refractivity contribution in [1.82, 2.24) is 0 Å². The van der Waals surface area contributed by atoms with Crippen molar-refractivity contribution < 1.29 is 4.92 Å². The molecule has 2 aromatic carbocycles. The number of benzene rings is 2. The highest BCUT2D eigenvalue weighted by Gasteiger charge is 2.27. The first-order valence-electron chi connectivity index (χ1n) is 9.19. The number of hydrogen-bond donors (Lipinski definition) is 0. The van der Waals surface area contributed by atoms with E-state index in [0.717, 1.165) is 31.6 Å². The first-order chi connectivity index (χ1) is 12.1. The first-order valence-corrected chi connectivity index (χ1v) is 9.19. The molecule has 0 aromatic heterocycles. The lowest BCUT2D eigenvalue weighted by Gasteiger charge is -2.39. The molecule has 0 radical (unpaired) electrons. The summed E-state index contributed by atoms with van der Waals surface area (Å²) in [5, 5.41) is 10.9. The predicted molar refractivity (Wildman–Crippen MR) is 102 cm³/mol. The molecule has 132 valence electrons. The van der Waals surface area contributed by atoms with Crippen molar-refractivity contribution in [3.05, 3.63) is 69.8 Å². The molecule has 0 amide bonds. The van der Waals surface area contributed by atoms with Gasteiger partial charge in [-0.3, -0.25) is 10.1 Å². The molecule has 1 aliphatic heterocycles. The fourth-order valence-electron chi connectivity index (χ4n) is 3.76. The van der Waals surface area contributed by atoms with Gasteiger partial charge in [-0.15, -0.1) is 0 Å². The highest BCUT2D eigenvalue weighted by molar-refractivity contribution is 5.52. The quantitative estimate of drug-likeness (QED) is 0.557. The Balaban J connectivity index is 1.80. The van der Waals surface area contributed by atoms with Crippen LogP contribution < -0.4 is 4.90 Å². The van der Waals surface area contributed by atoms with Crippen LogP contribution in [0.2, 0.25) is 0 Å². The number of aryl methyl sites for hydroxylation is 1. The molecule has 0 N–H and O–H groups in total. The van der Waals surface area contributed by atoms with Crippen molar-refractivity contribution in [2.75, 3.05) is 18.0 Å². The lowest BCUT2D eigenvalue weighted by atomic mass is 9.83. The van der Waals surface area contributed by atoms with Crippen molar-refractivity contribution in [3.63, 3.8) is 0 Å². The second-order valence-electron chi connectivity index (χ2n) is 6.98. The van der Waals surface area contributed by atoms with Crippen molar-refractivity contribution in [3.8, 4) is 0 Å². The first kappa shape index (κ1) is 17.5. The third-order valence-electron chi connectivity index (χ3n) is 5.40. The van der Waals surface area contributed by atoms with Gasteiger partial charge in [0.05, 0.1) is 4.92 Å². The van der Waals surface area contributed by atoms with Gasteiger partial charge in [-0.25, -0.2) is 0 Å². The van der Waals surface area contributed by atoms with E-state index in [9.17, 15) is 10.1 Å². The van der Waals surface area contributed by atoms with Crippen LogP contribution in [0.5, 0.6) is 0 Å². The average Bonchev–Trinajstić information content (AvgIpc) is 2.67. The molecule has 2 atom stereocenters. The zero-order chi connectivity index (χ0) is 17.8. The molecule has 25 heavy (non-hydrogen) atoms. The van der Waals surface area contributed by atoms with Gasteiger partial charge in [-0.05, 0) is 42.0 Å². The van der Waals surface area contributed by atoms with E-state index >= 15 is 0 Å². The van der Waals surface area contributed by atoms with Gasteiger partial charge in [0.1, 0.15) is 0 Å². The summed E-state index contributed by atoms with van der Waals surface area (Å²) in [5.41, 5.74) is 4.01. The van der Waals surface area contributed by atoms with E-state index < -0.39 is 0 Å². The summed E-state index contributed by atoms with van der Waals surface area (Å²) >= 11 is 0. The minimum Gasteiger partial charge on any atom is -0.371 e. The number of nitrogens with zero attached hydrogens (tertiary/aromatic N) is 2. The van der Waals surface area contributed by atoms with Gasteiger partial charge < -0.3 is 4.90 Å². The number of piperidine rings is 1. The smallest absolute Gasteiger partial charge is 0.269 e. The van der Waals surface area contributed by atoms with Gasteiger partial charge in [-0.2, -0.15) is 0 Å². The zero-order valence-corrected chi connectivity index (χ0v) is 15.0. The molecule has 1 heterocycles. The van der Waals surface area contributed by atoms with Crippen molar-refractivity contribution >= 4 is 11.4 Å². The van der Waals surface area contributed by atoms with Crippen LogP contribution in [-0.2, 0) is 6.42 Å². The standard InChI is InChI=1S/C21H26N2O2/c1-3-16-5-7-18(8-6-16)19-13-17(4-2)14-22(15-19)20-9-11-21(12-10-20)23(24)25/h5-12,17,19H,3-4,13-15H2,1-2H3. The van der Waals surface area contributed by atoms with Crippen LogP contribution in [-0.4, -0.2) is 18.0 Å². The van der Waals surface area contributed by atoms with E-state index in [4.69, 9.17) is 0 Å². The van der Waals surface area contributed by atoms with Crippen molar-refractivity contribution in [2.24, 2.45) is 5.92 Å². The number of nitro benzene ring substituents is 1. The van der Waals surface area contributed by atoms with E-state index in [-0.39, 0.29) is 10.6 Å². The SMILES string of the molecule is CCc1ccc(C2CC(CC)CN(c3ccc([N+](=O)[O-])cc3)C2)cc1. The molecule has 0 saturated carbocycles. The zero-order valence-electron chi connectivity index (χ0n) is 15.0.